The second-order valence-corrected chi connectivity index (χ2v) is 11.9. The van der Waals surface area contributed by atoms with Crippen LogP contribution < -0.4 is 0 Å². The molecular weight excluding hydrogens is 533 g/mol. The number of aromatic nitrogens is 2. The standard InChI is InChI=1S/C34H28N2O2S2/c37-29(33-13-11-31(39-33)25-7-3-1-4-8-25)21-23-15-17-35-27(19-23)28-20-24(16-18-36-28)22-30(38)34-14-12-32(40-34)26-9-5-2-6-10-26/h1-20,29-30,37-38H,21-22H2. The van der Waals surface area contributed by atoms with Crippen LogP contribution in [0.1, 0.15) is 33.1 Å². The highest BCUT2D eigenvalue weighted by atomic mass is 32.1. The van der Waals surface area contributed by atoms with Crippen LogP contribution in [0.5, 0.6) is 0 Å². The van der Waals surface area contributed by atoms with Gasteiger partial charge < -0.3 is 10.2 Å². The molecule has 0 radical (unpaired) electrons. The molecule has 198 valence electrons. The summed E-state index contributed by atoms with van der Waals surface area (Å²) in [5, 5.41) is 21.9. The predicted molar refractivity (Wildman–Crippen MR) is 164 cm³/mol. The van der Waals surface area contributed by atoms with E-state index in [1.165, 1.54) is 0 Å². The molecule has 0 saturated heterocycles. The number of rotatable bonds is 9. The fraction of sp³-hybridized carbons (Fsp3) is 0.118. The molecule has 40 heavy (non-hydrogen) atoms. The Kier molecular flexibility index (Phi) is 7.93. The summed E-state index contributed by atoms with van der Waals surface area (Å²) in [6.07, 6.45) is 3.32. The topological polar surface area (TPSA) is 66.2 Å². The van der Waals surface area contributed by atoms with E-state index in [4.69, 9.17) is 0 Å². The summed E-state index contributed by atoms with van der Waals surface area (Å²) >= 11 is 3.24. The Balaban J connectivity index is 1.14. The highest BCUT2D eigenvalue weighted by molar-refractivity contribution is 7.15. The van der Waals surface area contributed by atoms with Crippen molar-refractivity contribution in [2.24, 2.45) is 0 Å². The Bertz CT molecular complexity index is 1570. The largest absolute Gasteiger partial charge is 0.387 e. The third-order valence-corrected chi connectivity index (χ3v) is 9.27. The normalized spacial score (nSPS) is 12.8. The van der Waals surface area contributed by atoms with Crippen LogP contribution in [0.25, 0.3) is 32.3 Å². The molecule has 2 N–H and O–H groups in total. The highest BCUT2D eigenvalue weighted by Gasteiger charge is 2.15. The van der Waals surface area contributed by atoms with E-state index in [1.54, 1.807) is 35.1 Å². The summed E-state index contributed by atoms with van der Waals surface area (Å²) in [6.45, 7) is 0. The zero-order valence-corrected chi connectivity index (χ0v) is 23.4. The van der Waals surface area contributed by atoms with E-state index in [-0.39, 0.29) is 0 Å². The first kappa shape index (κ1) is 26.3. The van der Waals surface area contributed by atoms with Crippen LogP contribution in [-0.2, 0) is 12.8 Å². The van der Waals surface area contributed by atoms with Gasteiger partial charge in [0, 0.05) is 44.7 Å². The number of hydrogen-bond donors (Lipinski definition) is 2. The van der Waals surface area contributed by atoms with E-state index >= 15 is 0 Å². The van der Waals surface area contributed by atoms with Gasteiger partial charge in [-0.1, -0.05) is 60.7 Å². The van der Waals surface area contributed by atoms with Crippen LogP contribution in [0, 0.1) is 0 Å². The molecule has 0 amide bonds. The van der Waals surface area contributed by atoms with Crippen LogP contribution in [0.3, 0.4) is 0 Å². The average molecular weight is 561 g/mol. The zero-order chi connectivity index (χ0) is 27.3. The third kappa shape index (κ3) is 6.11. The van der Waals surface area contributed by atoms with Crippen molar-refractivity contribution < 1.29 is 10.2 Å². The lowest BCUT2D eigenvalue weighted by atomic mass is 10.0. The van der Waals surface area contributed by atoms with Crippen molar-refractivity contribution in [3.8, 4) is 32.3 Å². The molecule has 0 saturated carbocycles. The van der Waals surface area contributed by atoms with Gasteiger partial charge >= 0.3 is 0 Å². The lowest BCUT2D eigenvalue weighted by Gasteiger charge is -2.11. The number of pyridine rings is 2. The number of aliphatic hydroxyl groups excluding tert-OH is 2. The van der Waals surface area contributed by atoms with E-state index in [2.05, 4.69) is 46.4 Å². The van der Waals surface area contributed by atoms with E-state index in [0.29, 0.717) is 12.8 Å². The van der Waals surface area contributed by atoms with Crippen molar-refractivity contribution in [1.82, 2.24) is 9.97 Å². The zero-order valence-electron chi connectivity index (χ0n) is 21.7. The number of nitrogens with zero attached hydrogens (tertiary/aromatic N) is 2. The van der Waals surface area contributed by atoms with Crippen LogP contribution in [0.2, 0.25) is 0 Å². The van der Waals surface area contributed by atoms with Crippen LogP contribution >= 0.6 is 22.7 Å². The van der Waals surface area contributed by atoms with Crippen molar-refractivity contribution in [2.45, 2.75) is 25.0 Å². The average Bonchev–Trinajstić information content (AvgIpc) is 3.70. The molecule has 0 spiro atoms. The van der Waals surface area contributed by atoms with Crippen molar-refractivity contribution in [1.29, 1.82) is 0 Å². The molecular formula is C34H28N2O2S2. The molecule has 0 bridgehead atoms. The van der Waals surface area contributed by atoms with Crippen LogP contribution in [0.15, 0.2) is 122 Å². The maximum Gasteiger partial charge on any atom is 0.0922 e. The van der Waals surface area contributed by atoms with E-state index in [1.807, 2.05) is 72.8 Å². The lowest BCUT2D eigenvalue weighted by Crippen LogP contribution is -2.02. The summed E-state index contributed by atoms with van der Waals surface area (Å²) in [4.78, 5) is 13.3. The van der Waals surface area contributed by atoms with Gasteiger partial charge in [-0.05, 0) is 70.8 Å². The minimum absolute atomic E-state index is 0.491. The fourth-order valence-corrected chi connectivity index (χ4v) is 6.71. The summed E-state index contributed by atoms with van der Waals surface area (Å²) in [6, 6.07) is 36.4. The van der Waals surface area contributed by atoms with Gasteiger partial charge in [-0.15, -0.1) is 22.7 Å². The number of thiophene rings is 2. The molecule has 4 aromatic heterocycles. The quantitative estimate of drug-likeness (QED) is 0.187. The molecule has 4 nitrogen and oxygen atoms in total. The second-order valence-electron chi connectivity index (χ2n) is 9.67. The summed E-state index contributed by atoms with van der Waals surface area (Å²) in [5.41, 5.74) is 5.80. The van der Waals surface area contributed by atoms with Gasteiger partial charge in [-0.3, -0.25) is 9.97 Å². The fourth-order valence-electron chi connectivity index (χ4n) is 4.71. The van der Waals surface area contributed by atoms with Gasteiger partial charge in [0.15, 0.2) is 0 Å². The predicted octanol–water partition coefficient (Wildman–Crippen LogP) is 8.15. The summed E-state index contributed by atoms with van der Waals surface area (Å²) < 4.78 is 0. The molecule has 0 aliphatic carbocycles. The number of hydrogen-bond acceptors (Lipinski definition) is 6. The van der Waals surface area contributed by atoms with Crippen molar-refractivity contribution in [3.05, 3.63) is 142 Å². The van der Waals surface area contributed by atoms with Crippen molar-refractivity contribution in [3.63, 3.8) is 0 Å². The minimum Gasteiger partial charge on any atom is -0.387 e. The van der Waals surface area contributed by atoms with Gasteiger partial charge in [0.05, 0.1) is 23.6 Å². The maximum absolute atomic E-state index is 11.0. The van der Waals surface area contributed by atoms with Gasteiger partial charge in [-0.2, -0.15) is 0 Å². The summed E-state index contributed by atoms with van der Waals surface area (Å²) in [5.74, 6) is 0. The molecule has 6 heteroatoms. The first-order valence-electron chi connectivity index (χ1n) is 13.2. The number of aliphatic hydroxyl groups is 2. The molecule has 4 heterocycles. The van der Waals surface area contributed by atoms with Gasteiger partial charge in [0.1, 0.15) is 0 Å². The Hall–Kier alpha value is -3.94. The molecule has 2 unspecified atom stereocenters. The Morgan fingerprint density at radius 1 is 0.525 bits per heavy atom. The van der Waals surface area contributed by atoms with Crippen LogP contribution in [0.4, 0.5) is 0 Å². The smallest absolute Gasteiger partial charge is 0.0922 e. The molecule has 2 aromatic carbocycles. The first-order valence-corrected chi connectivity index (χ1v) is 14.8. The molecule has 0 aliphatic heterocycles. The number of benzene rings is 2. The van der Waals surface area contributed by atoms with E-state index in [0.717, 1.165) is 53.2 Å². The Morgan fingerprint density at radius 3 is 1.38 bits per heavy atom. The lowest BCUT2D eigenvalue weighted by molar-refractivity contribution is 0.182. The van der Waals surface area contributed by atoms with E-state index < -0.39 is 12.2 Å². The highest BCUT2D eigenvalue weighted by Crippen LogP contribution is 2.34. The first-order chi connectivity index (χ1) is 19.6. The Morgan fingerprint density at radius 2 is 0.950 bits per heavy atom. The molecule has 0 aliphatic rings. The monoisotopic (exact) mass is 560 g/mol. The summed E-state index contributed by atoms with van der Waals surface area (Å²) in [7, 11) is 0. The SMILES string of the molecule is OC(Cc1ccnc(-c2cc(CC(O)c3ccc(-c4ccccc4)s3)ccn2)c1)c1ccc(-c2ccccc2)s1. The molecule has 0 fully saturated rings. The van der Waals surface area contributed by atoms with Gasteiger partial charge in [0.25, 0.3) is 0 Å². The van der Waals surface area contributed by atoms with Gasteiger partial charge in [-0.25, -0.2) is 0 Å². The molecule has 6 aromatic rings. The van der Waals surface area contributed by atoms with Gasteiger partial charge in [0.2, 0.25) is 0 Å². The Labute approximate surface area is 241 Å². The van der Waals surface area contributed by atoms with Crippen LogP contribution in [-0.4, -0.2) is 20.2 Å². The minimum atomic E-state index is -0.598. The third-order valence-electron chi connectivity index (χ3n) is 6.80. The molecule has 6 rings (SSSR count). The second kappa shape index (κ2) is 12.1. The molecule has 2 atom stereocenters. The van der Waals surface area contributed by atoms with Crippen molar-refractivity contribution in [2.75, 3.05) is 0 Å². The maximum atomic E-state index is 11.0. The van der Waals surface area contributed by atoms with E-state index in [9.17, 15) is 10.2 Å². The van der Waals surface area contributed by atoms with Crippen molar-refractivity contribution >= 4 is 22.7 Å².